The van der Waals surface area contributed by atoms with Crippen molar-refractivity contribution in [3.8, 4) is 17.7 Å². The van der Waals surface area contributed by atoms with Gasteiger partial charge in [0.05, 0.1) is 16.6 Å². The number of aryl methyl sites for hydroxylation is 1. The zero-order valence-corrected chi connectivity index (χ0v) is 10.3. The number of benzene rings is 1. The smallest absolute Gasteiger partial charge is 0.290 e. The zero-order valence-electron chi connectivity index (χ0n) is 10.3. The summed E-state index contributed by atoms with van der Waals surface area (Å²) in [5, 5.41) is 19.3. The van der Waals surface area contributed by atoms with Crippen molar-refractivity contribution in [1.82, 2.24) is 4.98 Å². The Morgan fingerprint density at radius 2 is 2.15 bits per heavy atom. The molecule has 2 aromatic rings. The van der Waals surface area contributed by atoms with Gasteiger partial charge in [0.15, 0.2) is 11.6 Å². The van der Waals surface area contributed by atoms with Gasteiger partial charge in [0, 0.05) is 12.1 Å². The fourth-order valence-electron chi connectivity index (χ4n) is 1.55. The van der Waals surface area contributed by atoms with Gasteiger partial charge < -0.3 is 4.74 Å². The molecule has 0 saturated heterocycles. The first-order valence-electron chi connectivity index (χ1n) is 5.51. The second-order valence-electron chi connectivity index (χ2n) is 3.87. The maximum atomic E-state index is 13.6. The molecule has 0 N–H and O–H groups in total. The molecule has 2 rings (SSSR count). The standard InChI is InChI=1S/C13H8FN3O3/c1-8-11(17(18)19)3-5-13(16-8)20-12-4-2-9(7-15)6-10(12)14/h2-6H,1H3. The molecule has 0 atom stereocenters. The third-order valence-corrected chi connectivity index (χ3v) is 2.50. The second kappa shape index (κ2) is 5.32. The summed E-state index contributed by atoms with van der Waals surface area (Å²) < 4.78 is 18.8. The molecular weight excluding hydrogens is 265 g/mol. The zero-order chi connectivity index (χ0) is 14.7. The van der Waals surface area contributed by atoms with Crippen LogP contribution < -0.4 is 4.74 Å². The Kier molecular flexibility index (Phi) is 3.57. The SMILES string of the molecule is Cc1nc(Oc2ccc(C#N)cc2F)ccc1[N+](=O)[O-]. The van der Waals surface area contributed by atoms with E-state index in [2.05, 4.69) is 4.98 Å². The molecule has 0 aliphatic heterocycles. The number of hydrogen-bond donors (Lipinski definition) is 0. The Balaban J connectivity index is 2.29. The van der Waals surface area contributed by atoms with Crippen molar-refractivity contribution in [2.24, 2.45) is 0 Å². The largest absolute Gasteiger partial charge is 0.436 e. The molecule has 20 heavy (non-hydrogen) atoms. The van der Waals surface area contributed by atoms with Gasteiger partial charge >= 0.3 is 0 Å². The number of aromatic nitrogens is 1. The Labute approximate surface area is 113 Å². The Bertz CT molecular complexity index is 725. The first-order valence-corrected chi connectivity index (χ1v) is 5.51. The molecule has 0 unspecified atom stereocenters. The minimum Gasteiger partial charge on any atom is -0.436 e. The summed E-state index contributed by atoms with van der Waals surface area (Å²) >= 11 is 0. The van der Waals surface area contributed by atoms with E-state index in [0.717, 1.165) is 6.07 Å². The number of nitriles is 1. The lowest BCUT2D eigenvalue weighted by atomic mass is 10.2. The number of halogens is 1. The molecule has 0 bridgehead atoms. The van der Waals surface area contributed by atoms with Gasteiger partial charge in [0.1, 0.15) is 5.69 Å². The average molecular weight is 273 g/mol. The lowest BCUT2D eigenvalue weighted by Crippen LogP contribution is -1.97. The monoisotopic (exact) mass is 273 g/mol. The van der Waals surface area contributed by atoms with E-state index in [1.807, 2.05) is 0 Å². The van der Waals surface area contributed by atoms with Gasteiger partial charge in [-0.25, -0.2) is 9.37 Å². The lowest BCUT2D eigenvalue weighted by Gasteiger charge is -2.06. The average Bonchev–Trinajstić information content (AvgIpc) is 2.40. The Morgan fingerprint density at radius 1 is 1.40 bits per heavy atom. The van der Waals surface area contributed by atoms with Crippen molar-refractivity contribution in [3.63, 3.8) is 0 Å². The Morgan fingerprint density at radius 3 is 2.70 bits per heavy atom. The van der Waals surface area contributed by atoms with Crippen LogP contribution in [0.5, 0.6) is 11.6 Å². The summed E-state index contributed by atoms with van der Waals surface area (Å²) in [6, 6.07) is 8.05. The molecule has 1 aromatic carbocycles. The molecule has 1 heterocycles. The van der Waals surface area contributed by atoms with Crippen molar-refractivity contribution >= 4 is 5.69 Å². The predicted molar refractivity (Wildman–Crippen MR) is 66.8 cm³/mol. The number of hydrogen-bond acceptors (Lipinski definition) is 5. The molecule has 0 spiro atoms. The summed E-state index contributed by atoms with van der Waals surface area (Å²) in [6.45, 7) is 1.46. The first kappa shape index (κ1) is 13.4. The van der Waals surface area contributed by atoms with E-state index in [0.29, 0.717) is 0 Å². The van der Waals surface area contributed by atoms with Crippen LogP contribution in [-0.2, 0) is 0 Å². The highest BCUT2D eigenvalue weighted by Crippen LogP contribution is 2.26. The van der Waals surface area contributed by atoms with Crippen molar-refractivity contribution in [2.45, 2.75) is 6.92 Å². The number of nitro groups is 1. The molecule has 0 radical (unpaired) electrons. The normalized spacial score (nSPS) is 9.85. The van der Waals surface area contributed by atoms with Gasteiger partial charge in [-0.3, -0.25) is 10.1 Å². The van der Waals surface area contributed by atoms with E-state index >= 15 is 0 Å². The minimum atomic E-state index is -0.707. The van der Waals surface area contributed by atoms with E-state index in [9.17, 15) is 14.5 Å². The highest BCUT2D eigenvalue weighted by Gasteiger charge is 2.13. The maximum Gasteiger partial charge on any atom is 0.290 e. The first-order chi connectivity index (χ1) is 9.51. The molecule has 100 valence electrons. The molecule has 0 saturated carbocycles. The van der Waals surface area contributed by atoms with Crippen LogP contribution in [0, 0.1) is 34.2 Å². The van der Waals surface area contributed by atoms with Crippen LogP contribution in [-0.4, -0.2) is 9.91 Å². The predicted octanol–water partition coefficient (Wildman–Crippen LogP) is 3.10. The molecule has 0 aliphatic carbocycles. The highest BCUT2D eigenvalue weighted by molar-refractivity contribution is 5.40. The van der Waals surface area contributed by atoms with Gasteiger partial charge in [-0.2, -0.15) is 5.26 Å². The second-order valence-corrected chi connectivity index (χ2v) is 3.87. The maximum absolute atomic E-state index is 13.6. The fourth-order valence-corrected chi connectivity index (χ4v) is 1.55. The molecule has 0 fully saturated rings. The van der Waals surface area contributed by atoms with E-state index in [1.165, 1.54) is 31.2 Å². The minimum absolute atomic E-state index is 0.0386. The summed E-state index contributed by atoms with van der Waals surface area (Å²) in [5.74, 6) is -0.775. The van der Waals surface area contributed by atoms with E-state index < -0.39 is 10.7 Å². The molecule has 7 heteroatoms. The van der Waals surface area contributed by atoms with Crippen LogP contribution >= 0.6 is 0 Å². The van der Waals surface area contributed by atoms with Gasteiger partial charge in [-0.05, 0) is 25.1 Å². The van der Waals surface area contributed by atoms with Crippen LogP contribution in [0.1, 0.15) is 11.3 Å². The van der Waals surface area contributed by atoms with Crippen LogP contribution in [0.3, 0.4) is 0 Å². The van der Waals surface area contributed by atoms with E-state index in [4.69, 9.17) is 10.00 Å². The van der Waals surface area contributed by atoms with Crippen LogP contribution in [0.25, 0.3) is 0 Å². The van der Waals surface area contributed by atoms with Gasteiger partial charge in [0.25, 0.3) is 5.69 Å². The van der Waals surface area contributed by atoms with Crippen LogP contribution in [0.2, 0.25) is 0 Å². The number of ether oxygens (including phenoxy) is 1. The summed E-state index contributed by atoms with van der Waals surface area (Å²) in [6.07, 6.45) is 0. The van der Waals surface area contributed by atoms with Crippen LogP contribution in [0.4, 0.5) is 10.1 Å². The molecule has 0 amide bonds. The lowest BCUT2D eigenvalue weighted by molar-refractivity contribution is -0.385. The van der Waals surface area contributed by atoms with Crippen LogP contribution in [0.15, 0.2) is 30.3 Å². The molecular formula is C13H8FN3O3. The van der Waals surface area contributed by atoms with Crippen molar-refractivity contribution in [3.05, 3.63) is 57.5 Å². The third-order valence-electron chi connectivity index (χ3n) is 2.50. The van der Waals surface area contributed by atoms with Crippen molar-refractivity contribution in [2.75, 3.05) is 0 Å². The Hall–Kier alpha value is -3.01. The quantitative estimate of drug-likeness (QED) is 0.633. The number of pyridine rings is 1. The topological polar surface area (TPSA) is 89.0 Å². The van der Waals surface area contributed by atoms with Gasteiger partial charge in [0.2, 0.25) is 5.88 Å². The highest BCUT2D eigenvalue weighted by atomic mass is 19.1. The number of nitrogens with zero attached hydrogens (tertiary/aromatic N) is 3. The van der Waals surface area contributed by atoms with Gasteiger partial charge in [-0.1, -0.05) is 0 Å². The summed E-state index contributed by atoms with van der Waals surface area (Å²) in [4.78, 5) is 14.0. The summed E-state index contributed by atoms with van der Waals surface area (Å²) in [7, 11) is 0. The van der Waals surface area contributed by atoms with E-state index in [-0.39, 0.29) is 28.6 Å². The van der Waals surface area contributed by atoms with Crippen molar-refractivity contribution < 1.29 is 14.1 Å². The van der Waals surface area contributed by atoms with Crippen molar-refractivity contribution in [1.29, 1.82) is 5.26 Å². The molecule has 6 nitrogen and oxygen atoms in total. The van der Waals surface area contributed by atoms with Gasteiger partial charge in [-0.15, -0.1) is 0 Å². The number of rotatable bonds is 3. The molecule has 0 aliphatic rings. The fraction of sp³-hybridized carbons (Fsp3) is 0.0769. The third kappa shape index (κ3) is 2.70. The van der Waals surface area contributed by atoms with E-state index in [1.54, 1.807) is 6.07 Å². The summed E-state index contributed by atoms with van der Waals surface area (Å²) in [5.41, 5.74) is 0.196. The molecule has 1 aromatic heterocycles.